The van der Waals surface area contributed by atoms with Crippen molar-refractivity contribution < 1.29 is 19.1 Å². The first-order chi connectivity index (χ1) is 17.8. The Bertz CT molecular complexity index is 1120. The Morgan fingerprint density at radius 1 is 0.684 bits per heavy atom. The van der Waals surface area contributed by atoms with E-state index in [4.69, 9.17) is 9.47 Å². The lowest BCUT2D eigenvalue weighted by Gasteiger charge is -2.27. The van der Waals surface area contributed by atoms with Gasteiger partial charge in [-0.15, -0.1) is 0 Å². The van der Waals surface area contributed by atoms with E-state index in [1.807, 2.05) is 90.1 Å². The number of alkyl carbamates (subject to hydrolysis) is 2. The highest BCUT2D eigenvalue weighted by Crippen LogP contribution is 2.24. The van der Waals surface area contributed by atoms with Crippen LogP contribution in [0.2, 0.25) is 0 Å². The Balaban J connectivity index is 1.61. The molecule has 0 aliphatic heterocycles. The molecule has 2 aromatic rings. The number of carbonyl (C=O) groups excluding carboxylic acids is 2. The summed E-state index contributed by atoms with van der Waals surface area (Å²) in [5.41, 5.74) is 4.96. The molecule has 2 amide bonds. The summed E-state index contributed by atoms with van der Waals surface area (Å²) in [6.45, 7) is 20.3. The highest BCUT2D eigenvalue weighted by molar-refractivity contribution is 5.69. The summed E-state index contributed by atoms with van der Waals surface area (Å²) in [5, 5.41) is 5.87. The minimum absolute atomic E-state index is 0.341. The van der Waals surface area contributed by atoms with Crippen LogP contribution in [0, 0.1) is 0 Å². The largest absolute Gasteiger partial charge is 0.450 e. The molecule has 6 nitrogen and oxygen atoms in total. The molecule has 0 saturated heterocycles. The predicted molar refractivity (Wildman–Crippen MR) is 156 cm³/mol. The fourth-order valence-corrected chi connectivity index (χ4v) is 3.96. The maximum atomic E-state index is 12.3. The molecule has 206 valence electrons. The van der Waals surface area contributed by atoms with Crippen LogP contribution in [0.3, 0.4) is 0 Å². The zero-order valence-corrected chi connectivity index (χ0v) is 23.9. The number of hydrogen-bond donors (Lipinski definition) is 2. The molecule has 0 bridgehead atoms. The molecule has 0 atom stereocenters. The molecule has 0 fully saturated rings. The molecule has 2 aromatic carbocycles. The van der Waals surface area contributed by atoms with Gasteiger partial charge in [0, 0.05) is 0 Å². The number of carbonyl (C=O) groups is 2. The van der Waals surface area contributed by atoms with Gasteiger partial charge in [0.2, 0.25) is 0 Å². The lowest BCUT2D eigenvalue weighted by Crippen LogP contribution is -2.41. The summed E-state index contributed by atoms with van der Waals surface area (Å²) in [6.07, 6.45) is 2.38. The van der Waals surface area contributed by atoms with Gasteiger partial charge in [-0.2, -0.15) is 0 Å². The quantitative estimate of drug-likeness (QED) is 0.263. The third kappa shape index (κ3) is 9.73. The predicted octanol–water partition coefficient (Wildman–Crippen LogP) is 7.94. The maximum absolute atomic E-state index is 12.3. The smallest absolute Gasteiger partial charge is 0.407 e. The van der Waals surface area contributed by atoms with Crippen molar-refractivity contribution in [1.29, 1.82) is 0 Å². The zero-order valence-electron chi connectivity index (χ0n) is 23.9. The molecule has 0 unspecified atom stereocenters. The van der Waals surface area contributed by atoms with Crippen LogP contribution < -0.4 is 10.6 Å². The Hall–Kier alpha value is -3.54. The number of amides is 2. The van der Waals surface area contributed by atoms with Crippen molar-refractivity contribution in [1.82, 2.24) is 10.6 Å². The molecular weight excluding hydrogens is 476 g/mol. The fraction of sp³-hybridized carbons (Fsp3) is 0.438. The van der Waals surface area contributed by atoms with Crippen molar-refractivity contribution >= 4 is 23.3 Å². The first kappa shape index (κ1) is 30.7. The first-order valence-electron chi connectivity index (χ1n) is 13.2. The average molecular weight is 521 g/mol. The summed E-state index contributed by atoms with van der Waals surface area (Å²) in [7, 11) is 0. The van der Waals surface area contributed by atoms with Gasteiger partial charge < -0.3 is 20.1 Å². The molecule has 0 aliphatic rings. The molecule has 2 N–H and O–H groups in total. The highest BCUT2D eigenvalue weighted by atomic mass is 16.6. The normalized spacial score (nSPS) is 11.4. The van der Waals surface area contributed by atoms with E-state index in [0.717, 1.165) is 59.1 Å². The van der Waals surface area contributed by atoms with Crippen LogP contribution in [0.15, 0.2) is 61.7 Å². The van der Waals surface area contributed by atoms with E-state index >= 15 is 0 Å². The topological polar surface area (TPSA) is 76.7 Å². The van der Waals surface area contributed by atoms with E-state index in [1.165, 1.54) is 0 Å². The summed E-state index contributed by atoms with van der Waals surface area (Å²) >= 11 is 0. The van der Waals surface area contributed by atoms with Gasteiger partial charge >= 0.3 is 12.2 Å². The molecule has 38 heavy (non-hydrogen) atoms. The Labute approximate surface area is 228 Å². The van der Waals surface area contributed by atoms with E-state index in [9.17, 15) is 9.59 Å². The minimum atomic E-state index is -0.566. The van der Waals surface area contributed by atoms with Crippen LogP contribution in [0.1, 0.15) is 89.5 Å². The number of unbranched alkanes of at least 4 members (excludes halogenated alkanes) is 3. The van der Waals surface area contributed by atoms with E-state index in [2.05, 4.69) is 23.8 Å². The molecule has 0 saturated carbocycles. The van der Waals surface area contributed by atoms with Crippen LogP contribution in [-0.2, 0) is 20.6 Å². The molecular formula is C32H44N2O4. The van der Waals surface area contributed by atoms with Crippen LogP contribution in [0.25, 0.3) is 11.1 Å². The number of ether oxygens (including phenoxy) is 2. The number of allylic oxidation sites excluding steroid dienone is 2. The second-order valence-electron chi connectivity index (χ2n) is 10.9. The van der Waals surface area contributed by atoms with Gasteiger partial charge in [-0.3, -0.25) is 0 Å². The second-order valence-corrected chi connectivity index (χ2v) is 10.9. The SMILES string of the molecule is C=C(C)c1ccc(C(C)(C)NC(=O)OCCCCCCOC(=O)NC(C)(C)c2cccc(C(=C)C)c2)cc1. The van der Waals surface area contributed by atoms with Crippen molar-refractivity contribution in [3.8, 4) is 0 Å². The number of nitrogens with one attached hydrogen (secondary N) is 2. The average Bonchev–Trinajstić information content (AvgIpc) is 2.85. The van der Waals surface area contributed by atoms with Crippen molar-refractivity contribution in [2.45, 2.75) is 78.3 Å². The van der Waals surface area contributed by atoms with Crippen LogP contribution in [0.4, 0.5) is 9.59 Å². The van der Waals surface area contributed by atoms with Crippen LogP contribution in [-0.4, -0.2) is 25.4 Å². The van der Waals surface area contributed by atoms with E-state index in [-0.39, 0.29) is 0 Å². The third-order valence-corrected chi connectivity index (χ3v) is 6.51. The lowest BCUT2D eigenvalue weighted by molar-refractivity contribution is 0.128. The minimum Gasteiger partial charge on any atom is -0.450 e. The Kier molecular flexibility index (Phi) is 11.2. The van der Waals surface area contributed by atoms with Crippen molar-refractivity contribution in [2.75, 3.05) is 13.2 Å². The van der Waals surface area contributed by atoms with Gasteiger partial charge in [-0.05, 0) is 95.5 Å². The summed E-state index contributed by atoms with van der Waals surface area (Å²) in [5.74, 6) is 0. The molecule has 0 heterocycles. The molecule has 0 radical (unpaired) electrons. The summed E-state index contributed by atoms with van der Waals surface area (Å²) in [4.78, 5) is 24.6. The molecule has 0 aliphatic carbocycles. The summed E-state index contributed by atoms with van der Waals surface area (Å²) < 4.78 is 10.7. The monoisotopic (exact) mass is 520 g/mol. The molecule has 6 heteroatoms. The molecule has 2 rings (SSSR count). The number of hydrogen-bond acceptors (Lipinski definition) is 4. The number of rotatable bonds is 13. The van der Waals surface area contributed by atoms with Gasteiger partial charge in [0.15, 0.2) is 0 Å². The first-order valence-corrected chi connectivity index (χ1v) is 13.2. The Morgan fingerprint density at radius 2 is 1.16 bits per heavy atom. The van der Waals surface area contributed by atoms with Gasteiger partial charge in [0.25, 0.3) is 0 Å². The van der Waals surface area contributed by atoms with Crippen molar-refractivity contribution in [3.63, 3.8) is 0 Å². The maximum Gasteiger partial charge on any atom is 0.407 e. The van der Waals surface area contributed by atoms with E-state index < -0.39 is 23.3 Å². The third-order valence-electron chi connectivity index (χ3n) is 6.51. The zero-order chi connectivity index (χ0) is 28.3. The van der Waals surface area contributed by atoms with Crippen LogP contribution in [0.5, 0.6) is 0 Å². The van der Waals surface area contributed by atoms with Gasteiger partial charge in [0.05, 0.1) is 24.3 Å². The van der Waals surface area contributed by atoms with Crippen molar-refractivity contribution in [2.24, 2.45) is 0 Å². The highest BCUT2D eigenvalue weighted by Gasteiger charge is 2.25. The standard InChI is InChI=1S/C32H44N2O4/c1-23(2)25-16-18-27(19-17-25)31(5,6)33-29(35)37-20-11-9-10-12-21-38-30(36)34-32(7,8)28-15-13-14-26(22-28)24(3)4/h13-19,22H,1,3,9-12,20-21H2,2,4-8H3,(H,33,35)(H,34,36). The lowest BCUT2D eigenvalue weighted by atomic mass is 9.92. The van der Waals surface area contributed by atoms with Crippen molar-refractivity contribution in [3.05, 3.63) is 83.9 Å². The number of benzene rings is 2. The van der Waals surface area contributed by atoms with Crippen LogP contribution >= 0.6 is 0 Å². The van der Waals surface area contributed by atoms with Gasteiger partial charge in [-0.25, -0.2) is 9.59 Å². The van der Waals surface area contributed by atoms with E-state index in [0.29, 0.717) is 13.2 Å². The molecule has 0 spiro atoms. The van der Waals surface area contributed by atoms with E-state index in [1.54, 1.807) is 0 Å². The fourth-order valence-electron chi connectivity index (χ4n) is 3.96. The van der Waals surface area contributed by atoms with Gasteiger partial charge in [0.1, 0.15) is 0 Å². The second kappa shape index (κ2) is 13.8. The molecule has 0 aromatic heterocycles. The Morgan fingerprint density at radius 3 is 1.63 bits per heavy atom. The summed E-state index contributed by atoms with van der Waals surface area (Å²) in [6, 6.07) is 16.0. The van der Waals surface area contributed by atoms with Gasteiger partial charge in [-0.1, -0.05) is 66.8 Å².